The zero-order valence-corrected chi connectivity index (χ0v) is 18.8. The molecule has 1 atom stereocenters. The van der Waals surface area contributed by atoms with Crippen molar-refractivity contribution in [3.8, 4) is 0 Å². The van der Waals surface area contributed by atoms with Gasteiger partial charge in [0.05, 0.1) is 24.0 Å². The van der Waals surface area contributed by atoms with Crippen molar-refractivity contribution in [1.29, 1.82) is 0 Å². The van der Waals surface area contributed by atoms with Crippen LogP contribution in [0, 0.1) is 6.92 Å². The second kappa shape index (κ2) is 10.1. The molecule has 31 heavy (non-hydrogen) atoms. The number of nitrogens with zero attached hydrogens (tertiary/aromatic N) is 5. The van der Waals surface area contributed by atoms with E-state index in [1.165, 1.54) is 36.6 Å². The Bertz CT molecular complexity index is 997. The van der Waals surface area contributed by atoms with Crippen LogP contribution in [0.5, 0.6) is 0 Å². The van der Waals surface area contributed by atoms with Gasteiger partial charge in [0.15, 0.2) is 5.16 Å². The van der Waals surface area contributed by atoms with Gasteiger partial charge in [-0.1, -0.05) is 53.7 Å². The monoisotopic (exact) mass is 440 g/mol. The first-order valence-electron chi connectivity index (χ1n) is 10.7. The van der Waals surface area contributed by atoms with Crippen LogP contribution >= 0.6 is 11.8 Å². The van der Waals surface area contributed by atoms with E-state index >= 15 is 0 Å². The molecule has 8 nitrogen and oxygen atoms in total. The Morgan fingerprint density at radius 3 is 2.65 bits per heavy atom. The van der Waals surface area contributed by atoms with Gasteiger partial charge in [-0.3, -0.25) is 15.0 Å². The van der Waals surface area contributed by atoms with Crippen molar-refractivity contribution >= 4 is 23.6 Å². The predicted octanol–water partition coefficient (Wildman–Crippen LogP) is 3.73. The summed E-state index contributed by atoms with van der Waals surface area (Å²) in [5, 5.41) is 15.9. The lowest BCUT2D eigenvalue weighted by atomic mass is 10.1. The summed E-state index contributed by atoms with van der Waals surface area (Å²) in [5.41, 5.74) is 1.90. The number of hydrogen-bond donors (Lipinski definition) is 1. The fourth-order valence-electron chi connectivity index (χ4n) is 3.62. The molecule has 164 valence electrons. The van der Waals surface area contributed by atoms with Crippen molar-refractivity contribution in [3.63, 3.8) is 0 Å². The lowest BCUT2D eigenvalue weighted by Crippen LogP contribution is -2.30. The van der Waals surface area contributed by atoms with E-state index in [1.54, 1.807) is 6.07 Å². The largest absolute Gasteiger partial charge is 0.338 e. The number of hydrogen-bond acceptors (Lipinski definition) is 7. The number of amides is 1. The molecule has 3 heterocycles. The Hall–Kier alpha value is -2.65. The van der Waals surface area contributed by atoms with E-state index < -0.39 is 0 Å². The topological polar surface area (TPSA) is 89.1 Å². The molecule has 1 unspecified atom stereocenters. The maximum Gasteiger partial charge on any atom is 0.240 e. The molecular weight excluding hydrogens is 412 g/mol. The van der Waals surface area contributed by atoms with Crippen LogP contribution in [0.25, 0.3) is 0 Å². The molecule has 2 aromatic heterocycles. The maximum atomic E-state index is 12.6. The number of carbonyl (C=O) groups is 1. The number of benzene rings is 1. The number of nitrogens with one attached hydrogen (secondary N) is 1. The summed E-state index contributed by atoms with van der Waals surface area (Å²) in [7, 11) is 0. The summed E-state index contributed by atoms with van der Waals surface area (Å²) >= 11 is 1.40. The highest BCUT2D eigenvalue weighted by Crippen LogP contribution is 2.25. The molecule has 9 heteroatoms. The van der Waals surface area contributed by atoms with Crippen molar-refractivity contribution in [3.05, 3.63) is 53.5 Å². The maximum absolute atomic E-state index is 12.6. The molecule has 0 bridgehead atoms. The van der Waals surface area contributed by atoms with E-state index in [1.807, 2.05) is 32.0 Å². The molecule has 0 aliphatic carbocycles. The number of rotatable bonds is 8. The van der Waals surface area contributed by atoms with Crippen LogP contribution in [-0.2, 0) is 17.9 Å². The van der Waals surface area contributed by atoms with Gasteiger partial charge < -0.3 is 9.09 Å². The Kier molecular flexibility index (Phi) is 7.03. The molecule has 1 aliphatic rings. The van der Waals surface area contributed by atoms with Gasteiger partial charge in [0.25, 0.3) is 0 Å². The number of aryl methyl sites for hydroxylation is 1. The van der Waals surface area contributed by atoms with Crippen LogP contribution in [0.2, 0.25) is 0 Å². The Morgan fingerprint density at radius 2 is 1.94 bits per heavy atom. The van der Waals surface area contributed by atoms with Crippen LogP contribution in [0.4, 0.5) is 5.88 Å². The first-order chi connectivity index (χ1) is 15.1. The Balaban J connectivity index is 1.50. The number of likely N-dealkylation sites (tertiary alicyclic amines) is 1. The molecule has 0 spiro atoms. The number of carbonyl (C=O) groups excluding carboxylic acids is 1. The minimum atomic E-state index is -0.369. The first-order valence-corrected chi connectivity index (χ1v) is 11.6. The fraction of sp³-hybridized carbons (Fsp3) is 0.455. The van der Waals surface area contributed by atoms with E-state index in [9.17, 15) is 4.79 Å². The lowest BCUT2D eigenvalue weighted by molar-refractivity contribution is -0.115. The summed E-state index contributed by atoms with van der Waals surface area (Å²) in [6.07, 6.45) is 3.76. The SMILES string of the molecule is Cc1cc(NC(=O)C(C)Sc2nnc(CN3CCCCC3)n2Cc2ccccc2)on1. The van der Waals surface area contributed by atoms with E-state index in [4.69, 9.17) is 4.52 Å². The van der Waals surface area contributed by atoms with Gasteiger partial charge in [-0.2, -0.15) is 0 Å². The third-order valence-electron chi connectivity index (χ3n) is 5.32. The molecule has 1 amide bonds. The quantitative estimate of drug-likeness (QED) is 0.534. The van der Waals surface area contributed by atoms with Gasteiger partial charge in [-0.25, -0.2) is 0 Å². The van der Waals surface area contributed by atoms with Crippen molar-refractivity contribution in [2.24, 2.45) is 0 Å². The summed E-state index contributed by atoms with van der Waals surface area (Å²) in [5.74, 6) is 1.13. The van der Waals surface area contributed by atoms with Crippen molar-refractivity contribution in [1.82, 2.24) is 24.8 Å². The van der Waals surface area contributed by atoms with Crippen LogP contribution in [-0.4, -0.2) is 49.1 Å². The predicted molar refractivity (Wildman–Crippen MR) is 120 cm³/mol. The van der Waals surface area contributed by atoms with Gasteiger partial charge in [0.2, 0.25) is 11.8 Å². The van der Waals surface area contributed by atoms with E-state index in [0.717, 1.165) is 36.3 Å². The second-order valence-corrected chi connectivity index (χ2v) is 9.20. The van der Waals surface area contributed by atoms with Crippen molar-refractivity contribution in [2.45, 2.75) is 56.6 Å². The average Bonchev–Trinajstić information content (AvgIpc) is 3.35. The smallest absolute Gasteiger partial charge is 0.240 e. The number of piperidine rings is 1. The summed E-state index contributed by atoms with van der Waals surface area (Å²) in [6, 6.07) is 12.0. The molecule has 1 aromatic carbocycles. The molecule has 1 fully saturated rings. The first kappa shape index (κ1) is 21.6. The highest BCUT2D eigenvalue weighted by Gasteiger charge is 2.23. The molecule has 0 saturated carbocycles. The summed E-state index contributed by atoms with van der Waals surface area (Å²) in [4.78, 5) is 15.1. The van der Waals surface area contributed by atoms with Crippen LogP contribution in [0.15, 0.2) is 46.1 Å². The number of thioether (sulfide) groups is 1. The summed E-state index contributed by atoms with van der Waals surface area (Å²) in [6.45, 7) is 7.31. The molecule has 3 aromatic rings. The van der Waals surface area contributed by atoms with Crippen LogP contribution < -0.4 is 5.32 Å². The Labute approximate surface area is 186 Å². The van der Waals surface area contributed by atoms with Gasteiger partial charge in [0.1, 0.15) is 5.82 Å². The second-order valence-electron chi connectivity index (χ2n) is 7.89. The molecule has 1 aliphatic heterocycles. The summed E-state index contributed by atoms with van der Waals surface area (Å²) < 4.78 is 7.23. The van der Waals surface area contributed by atoms with Crippen molar-refractivity contribution in [2.75, 3.05) is 18.4 Å². The Morgan fingerprint density at radius 1 is 1.16 bits per heavy atom. The number of anilines is 1. The minimum Gasteiger partial charge on any atom is -0.338 e. The molecule has 0 radical (unpaired) electrons. The molecule has 4 rings (SSSR count). The molecule has 1 N–H and O–H groups in total. The van der Waals surface area contributed by atoms with Crippen molar-refractivity contribution < 1.29 is 9.32 Å². The van der Waals surface area contributed by atoms with E-state index in [0.29, 0.717) is 12.4 Å². The lowest BCUT2D eigenvalue weighted by Gasteiger charge is -2.26. The van der Waals surface area contributed by atoms with Gasteiger partial charge in [0, 0.05) is 6.07 Å². The standard InChI is InChI=1S/C22H28N6O2S/c1-16-13-20(30-26-16)23-21(29)17(2)31-22-25-24-19(15-27-11-7-4-8-12-27)28(22)14-18-9-5-3-6-10-18/h3,5-6,9-10,13,17H,4,7-8,11-12,14-15H2,1-2H3,(H,23,29). The minimum absolute atomic E-state index is 0.159. The third-order valence-corrected chi connectivity index (χ3v) is 6.40. The molecular formula is C22H28N6O2S. The van der Waals surface area contributed by atoms with E-state index in [2.05, 4.69) is 42.3 Å². The fourth-order valence-corrected chi connectivity index (χ4v) is 4.49. The normalized spacial score (nSPS) is 15.7. The zero-order chi connectivity index (χ0) is 21.6. The van der Waals surface area contributed by atoms with Crippen LogP contribution in [0.3, 0.4) is 0 Å². The van der Waals surface area contributed by atoms with Gasteiger partial charge in [-0.05, 0) is 45.3 Å². The zero-order valence-electron chi connectivity index (χ0n) is 18.0. The van der Waals surface area contributed by atoms with Gasteiger partial charge >= 0.3 is 0 Å². The van der Waals surface area contributed by atoms with E-state index in [-0.39, 0.29) is 11.2 Å². The molecule has 1 saturated heterocycles. The number of aromatic nitrogens is 4. The average molecular weight is 441 g/mol. The van der Waals surface area contributed by atoms with Crippen LogP contribution in [0.1, 0.15) is 43.3 Å². The van der Waals surface area contributed by atoms with Gasteiger partial charge in [-0.15, -0.1) is 10.2 Å². The highest BCUT2D eigenvalue weighted by molar-refractivity contribution is 8.00. The third kappa shape index (κ3) is 5.74. The highest BCUT2D eigenvalue weighted by atomic mass is 32.2.